The Hall–Kier alpha value is -2.15. The molecule has 0 spiro atoms. The van der Waals surface area contributed by atoms with Crippen LogP contribution >= 0.6 is 0 Å². The molecule has 0 amide bonds. The van der Waals surface area contributed by atoms with Gasteiger partial charge in [-0.05, 0) is 0 Å². The molecule has 0 saturated heterocycles. The highest BCUT2D eigenvalue weighted by molar-refractivity contribution is 7.89. The molecule has 0 aliphatic carbocycles. The molecule has 2 N–H and O–H groups in total. The number of nitrogens with zero attached hydrogens (tertiary/aromatic N) is 2. The fourth-order valence-corrected chi connectivity index (χ4v) is 1.61. The van der Waals surface area contributed by atoms with Crippen molar-refractivity contribution in [3.8, 4) is 11.6 Å². The SMILES string of the molecule is COc1c([N+](=O)[O-])cc(S(N)(=O)=O)nc1OC(F)(F)F. The molecule has 1 aromatic heterocycles. The quantitative estimate of drug-likeness (QED) is 0.632. The van der Waals surface area contributed by atoms with E-state index in [1.165, 1.54) is 0 Å². The van der Waals surface area contributed by atoms with Gasteiger partial charge in [-0.2, -0.15) is 4.98 Å². The third kappa shape index (κ3) is 3.67. The molecule has 1 heterocycles. The van der Waals surface area contributed by atoms with E-state index in [9.17, 15) is 31.7 Å². The van der Waals surface area contributed by atoms with Crippen LogP contribution < -0.4 is 14.6 Å². The molecule has 0 saturated carbocycles. The van der Waals surface area contributed by atoms with Gasteiger partial charge in [0.25, 0.3) is 21.7 Å². The van der Waals surface area contributed by atoms with Crippen molar-refractivity contribution in [3.05, 3.63) is 16.2 Å². The molecule has 1 aromatic rings. The van der Waals surface area contributed by atoms with Crippen molar-refractivity contribution in [2.24, 2.45) is 5.14 Å². The Labute approximate surface area is 109 Å². The maximum absolute atomic E-state index is 12.2. The van der Waals surface area contributed by atoms with Crippen molar-refractivity contribution in [2.45, 2.75) is 11.4 Å². The van der Waals surface area contributed by atoms with Gasteiger partial charge in [0, 0.05) is 0 Å². The van der Waals surface area contributed by atoms with Crippen LogP contribution in [0.15, 0.2) is 11.1 Å². The molecule has 0 aliphatic rings. The van der Waals surface area contributed by atoms with Crippen LogP contribution in [0.5, 0.6) is 11.6 Å². The van der Waals surface area contributed by atoms with E-state index in [0.717, 1.165) is 7.11 Å². The van der Waals surface area contributed by atoms with E-state index >= 15 is 0 Å². The van der Waals surface area contributed by atoms with Crippen LogP contribution in [0.2, 0.25) is 0 Å². The number of aromatic nitrogens is 1. The van der Waals surface area contributed by atoms with Crippen molar-refractivity contribution in [1.82, 2.24) is 4.98 Å². The normalized spacial score (nSPS) is 12.1. The van der Waals surface area contributed by atoms with Crippen molar-refractivity contribution in [2.75, 3.05) is 7.11 Å². The maximum atomic E-state index is 12.2. The van der Waals surface area contributed by atoms with Gasteiger partial charge >= 0.3 is 12.0 Å². The van der Waals surface area contributed by atoms with Gasteiger partial charge in [-0.25, -0.2) is 13.6 Å². The largest absolute Gasteiger partial charge is 0.574 e. The lowest BCUT2D eigenvalue weighted by molar-refractivity contribution is -0.386. The number of nitrogens with two attached hydrogens (primary N) is 1. The monoisotopic (exact) mass is 317 g/mol. The summed E-state index contributed by atoms with van der Waals surface area (Å²) in [6.07, 6.45) is -5.26. The molecular weight excluding hydrogens is 311 g/mol. The Morgan fingerprint density at radius 3 is 2.35 bits per heavy atom. The third-order valence-corrected chi connectivity index (χ3v) is 2.60. The van der Waals surface area contributed by atoms with E-state index in [4.69, 9.17) is 0 Å². The molecule has 0 unspecified atom stereocenters. The Morgan fingerprint density at radius 1 is 1.45 bits per heavy atom. The van der Waals surface area contributed by atoms with Crippen LogP contribution in [-0.2, 0) is 10.0 Å². The van der Waals surface area contributed by atoms with E-state index in [-0.39, 0.29) is 0 Å². The highest BCUT2D eigenvalue weighted by Crippen LogP contribution is 2.38. The predicted molar refractivity (Wildman–Crippen MR) is 55.5 cm³/mol. The van der Waals surface area contributed by atoms with Gasteiger partial charge in [0.05, 0.1) is 18.1 Å². The average Bonchev–Trinajstić information content (AvgIpc) is 2.24. The highest BCUT2D eigenvalue weighted by Gasteiger charge is 2.37. The molecule has 0 radical (unpaired) electrons. The second kappa shape index (κ2) is 5.09. The molecule has 13 heteroatoms. The van der Waals surface area contributed by atoms with Crippen LogP contribution in [0.4, 0.5) is 18.9 Å². The lowest BCUT2D eigenvalue weighted by Gasteiger charge is -2.12. The van der Waals surface area contributed by atoms with Gasteiger partial charge in [0.1, 0.15) is 0 Å². The fourth-order valence-electron chi connectivity index (χ4n) is 1.13. The van der Waals surface area contributed by atoms with Crippen LogP contribution in [-0.4, -0.2) is 31.8 Å². The van der Waals surface area contributed by atoms with Crippen molar-refractivity contribution < 1.29 is 36.0 Å². The lowest BCUT2D eigenvalue weighted by Crippen LogP contribution is -2.21. The summed E-state index contributed by atoms with van der Waals surface area (Å²) in [6.45, 7) is 0. The summed E-state index contributed by atoms with van der Waals surface area (Å²) in [4.78, 5) is 12.5. The topological polar surface area (TPSA) is 135 Å². The second-order valence-electron chi connectivity index (χ2n) is 3.17. The van der Waals surface area contributed by atoms with Gasteiger partial charge in [-0.15, -0.1) is 13.2 Å². The molecule has 9 nitrogen and oxygen atoms in total. The van der Waals surface area contributed by atoms with Gasteiger partial charge in [0.15, 0.2) is 5.03 Å². The third-order valence-electron chi connectivity index (χ3n) is 1.80. The smallest absolute Gasteiger partial charge is 0.486 e. The maximum Gasteiger partial charge on any atom is 0.574 e. The number of sulfonamides is 1. The highest BCUT2D eigenvalue weighted by atomic mass is 32.2. The number of pyridine rings is 1. The summed E-state index contributed by atoms with van der Waals surface area (Å²) in [5.74, 6) is -2.42. The van der Waals surface area contributed by atoms with E-state index in [1.54, 1.807) is 0 Å². The van der Waals surface area contributed by atoms with Gasteiger partial charge in [-0.1, -0.05) is 0 Å². The van der Waals surface area contributed by atoms with Crippen LogP contribution in [0.3, 0.4) is 0 Å². The minimum atomic E-state index is -5.26. The summed E-state index contributed by atoms with van der Waals surface area (Å²) >= 11 is 0. The summed E-state index contributed by atoms with van der Waals surface area (Å²) < 4.78 is 66.3. The minimum Gasteiger partial charge on any atom is -0.486 e. The summed E-state index contributed by atoms with van der Waals surface area (Å²) in [7, 11) is -3.76. The number of ether oxygens (including phenoxy) is 2. The summed E-state index contributed by atoms with van der Waals surface area (Å²) in [6, 6.07) is 0.359. The molecule has 0 fully saturated rings. The number of alkyl halides is 3. The van der Waals surface area contributed by atoms with Crippen LogP contribution in [0, 0.1) is 10.1 Å². The number of hydrogen-bond acceptors (Lipinski definition) is 7. The first-order chi connectivity index (χ1) is 8.95. The predicted octanol–water partition coefficient (Wildman–Crippen LogP) is 0.544. The zero-order valence-corrected chi connectivity index (χ0v) is 10.4. The Bertz CT molecular complexity index is 644. The molecule has 20 heavy (non-hydrogen) atoms. The average molecular weight is 317 g/mol. The minimum absolute atomic E-state index is 0.359. The van der Waals surface area contributed by atoms with Crippen molar-refractivity contribution >= 4 is 15.7 Å². The number of rotatable bonds is 4. The Balaban J connectivity index is 3.62. The van der Waals surface area contributed by atoms with Crippen molar-refractivity contribution in [1.29, 1.82) is 0 Å². The molecule has 1 rings (SSSR count). The molecule has 0 aromatic carbocycles. The van der Waals surface area contributed by atoms with E-state index in [0.29, 0.717) is 6.07 Å². The Kier molecular flexibility index (Phi) is 4.04. The zero-order valence-electron chi connectivity index (χ0n) is 9.54. The number of nitro groups is 1. The molecule has 0 bridgehead atoms. The molecule has 0 aliphatic heterocycles. The number of hydrogen-bond donors (Lipinski definition) is 1. The van der Waals surface area contributed by atoms with E-state index in [1.807, 2.05) is 0 Å². The van der Waals surface area contributed by atoms with Crippen LogP contribution in [0.1, 0.15) is 0 Å². The standard InChI is InChI=1S/C7H6F3N3O6S/c1-18-5-3(13(14)15)2-4(20(11,16)17)12-6(5)19-7(8,9)10/h2H,1H3,(H2,11,16,17). The first-order valence-electron chi connectivity index (χ1n) is 4.47. The van der Waals surface area contributed by atoms with E-state index < -0.39 is 43.7 Å². The Morgan fingerprint density at radius 2 is 2.00 bits per heavy atom. The first-order valence-corrected chi connectivity index (χ1v) is 6.02. The fraction of sp³-hybridized carbons (Fsp3) is 0.286. The summed E-state index contributed by atoms with van der Waals surface area (Å²) in [5, 5.41) is 14.2. The van der Waals surface area contributed by atoms with Gasteiger partial charge in [-0.3, -0.25) is 10.1 Å². The number of halogens is 3. The molecular formula is C7H6F3N3O6S. The van der Waals surface area contributed by atoms with E-state index in [2.05, 4.69) is 19.6 Å². The van der Waals surface area contributed by atoms with Gasteiger partial charge in [0.2, 0.25) is 0 Å². The number of primary sulfonamides is 1. The zero-order chi connectivity index (χ0) is 15.7. The van der Waals surface area contributed by atoms with Gasteiger partial charge < -0.3 is 9.47 Å². The number of methoxy groups -OCH3 is 1. The molecule has 0 atom stereocenters. The first kappa shape index (κ1) is 15.9. The second-order valence-corrected chi connectivity index (χ2v) is 4.68. The molecule has 112 valence electrons. The van der Waals surface area contributed by atoms with Crippen LogP contribution in [0.25, 0.3) is 0 Å². The van der Waals surface area contributed by atoms with Crippen molar-refractivity contribution in [3.63, 3.8) is 0 Å². The summed E-state index contributed by atoms with van der Waals surface area (Å²) in [5.41, 5.74) is -1.09. The lowest BCUT2D eigenvalue weighted by atomic mass is 10.4.